The number of rotatable bonds is 4. The van der Waals surface area contributed by atoms with Crippen LogP contribution in [-0.4, -0.2) is 60.0 Å². The van der Waals surface area contributed by atoms with Crippen LogP contribution in [0.3, 0.4) is 0 Å². The Labute approximate surface area is 117 Å². The first kappa shape index (κ1) is 14.8. The number of aliphatic carboxylic acids is 1. The van der Waals surface area contributed by atoms with Crippen LogP contribution in [0, 0.1) is 5.92 Å². The van der Waals surface area contributed by atoms with Crippen molar-refractivity contribution in [1.29, 1.82) is 0 Å². The van der Waals surface area contributed by atoms with E-state index < -0.39 is 12.0 Å². The Kier molecular flexibility index (Phi) is 4.94. The molecule has 0 aliphatic carbocycles. The number of hydrogen-bond donors (Lipinski definition) is 3. The van der Waals surface area contributed by atoms with E-state index in [1.165, 1.54) is 4.90 Å². The molecule has 0 aromatic carbocycles. The fourth-order valence-electron chi connectivity index (χ4n) is 2.83. The molecule has 0 spiro atoms. The summed E-state index contributed by atoms with van der Waals surface area (Å²) in [6.45, 7) is 2.62. The minimum absolute atomic E-state index is 0.0991. The average Bonchev–Trinajstić information content (AvgIpc) is 2.41. The third-order valence-electron chi connectivity index (χ3n) is 3.94. The van der Waals surface area contributed by atoms with Gasteiger partial charge in [0.25, 0.3) is 0 Å². The number of hydrogen-bond acceptors (Lipinski definition) is 4. The molecule has 0 bridgehead atoms. The second-order valence-electron chi connectivity index (χ2n) is 5.39. The van der Waals surface area contributed by atoms with E-state index in [0.29, 0.717) is 25.4 Å². The van der Waals surface area contributed by atoms with Gasteiger partial charge in [-0.05, 0) is 31.8 Å². The predicted molar refractivity (Wildman–Crippen MR) is 71.0 cm³/mol. The summed E-state index contributed by atoms with van der Waals surface area (Å²) in [5.74, 6) is -1.19. The number of piperazine rings is 1. The van der Waals surface area contributed by atoms with Crippen LogP contribution in [0.2, 0.25) is 0 Å². The molecule has 7 heteroatoms. The molecular weight excluding hydrogens is 262 g/mol. The molecule has 2 aliphatic heterocycles. The number of amides is 2. The van der Waals surface area contributed by atoms with E-state index >= 15 is 0 Å². The van der Waals surface area contributed by atoms with E-state index in [1.807, 2.05) is 0 Å². The lowest BCUT2D eigenvalue weighted by molar-refractivity contribution is -0.149. The van der Waals surface area contributed by atoms with E-state index in [9.17, 15) is 14.4 Å². The Hall–Kier alpha value is -1.63. The lowest BCUT2D eigenvalue weighted by Gasteiger charge is -2.35. The third kappa shape index (κ3) is 3.69. The van der Waals surface area contributed by atoms with Crippen molar-refractivity contribution in [3.8, 4) is 0 Å². The second kappa shape index (κ2) is 6.69. The molecule has 20 heavy (non-hydrogen) atoms. The van der Waals surface area contributed by atoms with Crippen LogP contribution in [0.1, 0.15) is 25.7 Å². The van der Waals surface area contributed by atoms with Gasteiger partial charge in [-0.3, -0.25) is 14.4 Å². The minimum atomic E-state index is -1.06. The first-order chi connectivity index (χ1) is 9.58. The molecule has 2 heterocycles. The lowest BCUT2D eigenvalue weighted by atomic mass is 9.93. The second-order valence-corrected chi connectivity index (χ2v) is 5.39. The van der Waals surface area contributed by atoms with Gasteiger partial charge in [-0.25, -0.2) is 0 Å². The van der Waals surface area contributed by atoms with Gasteiger partial charge in [-0.2, -0.15) is 0 Å². The van der Waals surface area contributed by atoms with E-state index in [2.05, 4.69) is 10.6 Å². The number of carboxylic acid groups (broad SMARTS) is 1. The summed E-state index contributed by atoms with van der Waals surface area (Å²) in [6, 6.07) is -0.865. The van der Waals surface area contributed by atoms with Crippen molar-refractivity contribution in [3.63, 3.8) is 0 Å². The van der Waals surface area contributed by atoms with E-state index in [0.717, 1.165) is 25.9 Å². The summed E-state index contributed by atoms with van der Waals surface area (Å²) < 4.78 is 0. The van der Waals surface area contributed by atoms with Crippen LogP contribution in [0.15, 0.2) is 0 Å². The Morgan fingerprint density at radius 3 is 2.55 bits per heavy atom. The van der Waals surface area contributed by atoms with Gasteiger partial charge in [0, 0.05) is 19.5 Å². The number of carbonyl (C=O) groups excluding carboxylic acids is 2. The number of nitrogens with zero attached hydrogens (tertiary/aromatic N) is 1. The maximum Gasteiger partial charge on any atom is 0.305 e. The van der Waals surface area contributed by atoms with Crippen molar-refractivity contribution in [2.24, 2.45) is 5.92 Å². The van der Waals surface area contributed by atoms with E-state index in [4.69, 9.17) is 5.11 Å². The zero-order valence-corrected chi connectivity index (χ0v) is 11.4. The predicted octanol–water partition coefficient (Wildman–Crippen LogP) is -0.822. The van der Waals surface area contributed by atoms with Gasteiger partial charge in [0.2, 0.25) is 11.8 Å². The molecule has 0 radical (unpaired) electrons. The Morgan fingerprint density at radius 2 is 1.90 bits per heavy atom. The molecule has 2 amide bonds. The molecule has 1 atom stereocenters. The SMILES string of the molecule is O=C(O)CC1C(=O)NCCN1C(=O)CC1CCNCC1. The Balaban J connectivity index is 1.97. The molecule has 2 rings (SSSR count). The molecule has 1 unspecified atom stereocenters. The molecule has 0 saturated carbocycles. The molecular formula is C13H21N3O4. The number of carbonyl (C=O) groups is 3. The highest BCUT2D eigenvalue weighted by Crippen LogP contribution is 2.19. The fourth-order valence-corrected chi connectivity index (χ4v) is 2.83. The smallest absolute Gasteiger partial charge is 0.305 e. The van der Waals surface area contributed by atoms with Crippen LogP contribution in [-0.2, 0) is 14.4 Å². The summed E-state index contributed by atoms with van der Waals surface area (Å²) >= 11 is 0. The van der Waals surface area contributed by atoms with Crippen LogP contribution >= 0.6 is 0 Å². The third-order valence-corrected chi connectivity index (χ3v) is 3.94. The first-order valence-electron chi connectivity index (χ1n) is 7.07. The highest BCUT2D eigenvalue weighted by atomic mass is 16.4. The largest absolute Gasteiger partial charge is 0.481 e. The molecule has 112 valence electrons. The minimum Gasteiger partial charge on any atom is -0.481 e. The van der Waals surface area contributed by atoms with Crippen LogP contribution in [0.4, 0.5) is 0 Å². The van der Waals surface area contributed by atoms with Gasteiger partial charge in [0.05, 0.1) is 6.42 Å². The maximum absolute atomic E-state index is 12.3. The van der Waals surface area contributed by atoms with Gasteiger partial charge in [0.15, 0.2) is 0 Å². The van der Waals surface area contributed by atoms with Gasteiger partial charge in [0.1, 0.15) is 6.04 Å². The molecule has 0 aromatic rings. The van der Waals surface area contributed by atoms with Gasteiger partial charge in [-0.15, -0.1) is 0 Å². The highest BCUT2D eigenvalue weighted by molar-refractivity contribution is 5.91. The highest BCUT2D eigenvalue weighted by Gasteiger charge is 2.35. The quantitative estimate of drug-likeness (QED) is 0.626. The molecule has 0 aromatic heterocycles. The zero-order chi connectivity index (χ0) is 14.5. The molecule has 3 N–H and O–H groups in total. The zero-order valence-electron chi connectivity index (χ0n) is 11.4. The van der Waals surface area contributed by atoms with Gasteiger partial charge < -0.3 is 20.6 Å². The summed E-state index contributed by atoms with van der Waals surface area (Å²) in [6.07, 6.45) is 1.99. The van der Waals surface area contributed by atoms with Gasteiger partial charge >= 0.3 is 5.97 Å². The topological polar surface area (TPSA) is 98.7 Å². The number of nitrogens with one attached hydrogen (secondary N) is 2. The van der Waals surface area contributed by atoms with Gasteiger partial charge in [-0.1, -0.05) is 0 Å². The average molecular weight is 283 g/mol. The number of carboxylic acids is 1. The monoisotopic (exact) mass is 283 g/mol. The number of piperidine rings is 1. The van der Waals surface area contributed by atoms with E-state index in [1.54, 1.807) is 0 Å². The summed E-state index contributed by atoms with van der Waals surface area (Å²) in [4.78, 5) is 36.4. The molecule has 2 saturated heterocycles. The van der Waals surface area contributed by atoms with Crippen molar-refractivity contribution >= 4 is 17.8 Å². The Morgan fingerprint density at radius 1 is 1.20 bits per heavy atom. The normalized spacial score (nSPS) is 24.3. The fraction of sp³-hybridized carbons (Fsp3) is 0.769. The molecule has 7 nitrogen and oxygen atoms in total. The molecule has 2 aliphatic rings. The first-order valence-corrected chi connectivity index (χ1v) is 7.07. The van der Waals surface area contributed by atoms with Crippen molar-refractivity contribution in [3.05, 3.63) is 0 Å². The molecule has 2 fully saturated rings. The summed E-state index contributed by atoms with van der Waals surface area (Å²) in [5, 5.41) is 14.7. The van der Waals surface area contributed by atoms with Crippen LogP contribution < -0.4 is 10.6 Å². The van der Waals surface area contributed by atoms with Crippen molar-refractivity contribution < 1.29 is 19.5 Å². The van der Waals surface area contributed by atoms with E-state index in [-0.39, 0.29) is 18.2 Å². The maximum atomic E-state index is 12.3. The summed E-state index contributed by atoms with van der Waals surface area (Å²) in [7, 11) is 0. The standard InChI is InChI=1S/C13H21N3O4/c17-11(7-9-1-3-14-4-2-9)16-6-5-15-13(20)10(16)8-12(18)19/h9-10,14H,1-8H2,(H,15,20)(H,18,19). The van der Waals surface area contributed by atoms with Crippen LogP contribution in [0.25, 0.3) is 0 Å². The van der Waals surface area contributed by atoms with Crippen LogP contribution in [0.5, 0.6) is 0 Å². The summed E-state index contributed by atoms with van der Waals surface area (Å²) in [5.41, 5.74) is 0. The van der Waals surface area contributed by atoms with Crippen molar-refractivity contribution in [2.45, 2.75) is 31.7 Å². The van der Waals surface area contributed by atoms with Crippen molar-refractivity contribution in [2.75, 3.05) is 26.2 Å². The van der Waals surface area contributed by atoms with Crippen molar-refractivity contribution in [1.82, 2.24) is 15.5 Å². The Bertz CT molecular complexity index is 393. The lowest BCUT2D eigenvalue weighted by Crippen LogP contribution is -2.58.